The van der Waals surface area contributed by atoms with Gasteiger partial charge in [0, 0.05) is 49.3 Å². The van der Waals surface area contributed by atoms with Crippen molar-refractivity contribution in [3.63, 3.8) is 0 Å². The van der Waals surface area contributed by atoms with Crippen LogP contribution in [0.2, 0.25) is 5.15 Å². The van der Waals surface area contributed by atoms with Gasteiger partial charge in [-0.05, 0) is 42.0 Å². The van der Waals surface area contributed by atoms with Crippen molar-refractivity contribution in [2.24, 2.45) is 7.05 Å². The lowest BCUT2D eigenvalue weighted by Gasteiger charge is -2.48. The minimum absolute atomic E-state index is 0.0753. The number of pyridine rings is 1. The minimum Gasteiger partial charge on any atom is -0.365 e. The van der Waals surface area contributed by atoms with Gasteiger partial charge < -0.3 is 10.2 Å². The van der Waals surface area contributed by atoms with Crippen molar-refractivity contribution in [2.45, 2.75) is 38.8 Å². The molecule has 13 heteroatoms. The molecule has 1 unspecified atom stereocenters. The van der Waals surface area contributed by atoms with Gasteiger partial charge in [0.1, 0.15) is 17.5 Å². The van der Waals surface area contributed by atoms with E-state index in [0.717, 1.165) is 17.0 Å². The molecule has 1 aliphatic heterocycles. The Hall–Kier alpha value is -3.35. The van der Waals surface area contributed by atoms with Gasteiger partial charge in [0.2, 0.25) is 10.0 Å². The fourth-order valence-electron chi connectivity index (χ4n) is 4.82. The molecule has 0 saturated carbocycles. The zero-order chi connectivity index (χ0) is 27.4. The number of aryl methyl sites for hydroxylation is 1. The van der Waals surface area contributed by atoms with Crippen LogP contribution in [0.3, 0.4) is 0 Å². The van der Waals surface area contributed by atoms with E-state index in [2.05, 4.69) is 30.1 Å². The molecule has 2 N–H and O–H groups in total. The van der Waals surface area contributed by atoms with E-state index >= 15 is 4.39 Å². The predicted molar refractivity (Wildman–Crippen MR) is 147 cm³/mol. The van der Waals surface area contributed by atoms with E-state index in [1.165, 1.54) is 6.07 Å². The van der Waals surface area contributed by atoms with Gasteiger partial charge in [-0.15, -0.1) is 0 Å². The highest BCUT2D eigenvalue weighted by Crippen LogP contribution is 2.39. The van der Waals surface area contributed by atoms with Crippen molar-refractivity contribution in [1.82, 2.24) is 29.5 Å². The van der Waals surface area contributed by atoms with Gasteiger partial charge in [0.15, 0.2) is 11.0 Å². The summed E-state index contributed by atoms with van der Waals surface area (Å²) in [5, 5.41) is 9.13. The summed E-state index contributed by atoms with van der Waals surface area (Å²) in [6, 6.07) is 4.65. The molecule has 0 aliphatic carbocycles. The average Bonchev–Trinajstić information content (AvgIpc) is 3.17. The molecule has 0 bridgehead atoms. The van der Waals surface area contributed by atoms with E-state index < -0.39 is 10.0 Å². The van der Waals surface area contributed by atoms with E-state index in [4.69, 9.17) is 11.6 Å². The third kappa shape index (κ3) is 5.03. The van der Waals surface area contributed by atoms with E-state index in [1.807, 2.05) is 31.7 Å². The fraction of sp³-hybridized carbons (Fsp3) is 0.360. The lowest BCUT2D eigenvalue weighted by molar-refractivity contribution is 0.376. The number of anilines is 3. The second-order valence-corrected chi connectivity index (χ2v) is 12.0. The molecule has 38 heavy (non-hydrogen) atoms. The SMILES string of the molecule is CC(C)c1c(F)cc(N2CC(NS(C)(=O)=O)[C@H]2C)c2cnc(Nc3ccnc(-c4cn(C)nc4Cl)n3)cc12. The van der Waals surface area contributed by atoms with Crippen LogP contribution in [0.4, 0.5) is 21.7 Å². The highest BCUT2D eigenvalue weighted by molar-refractivity contribution is 7.88. The second kappa shape index (κ2) is 9.75. The summed E-state index contributed by atoms with van der Waals surface area (Å²) in [7, 11) is -1.58. The molecule has 10 nitrogen and oxygen atoms in total. The number of fused-ring (bicyclic) bond motifs is 1. The van der Waals surface area contributed by atoms with Crippen molar-refractivity contribution < 1.29 is 12.8 Å². The van der Waals surface area contributed by atoms with Gasteiger partial charge in [0.05, 0.1) is 17.9 Å². The van der Waals surface area contributed by atoms with Crippen LogP contribution in [0.15, 0.2) is 36.8 Å². The summed E-state index contributed by atoms with van der Waals surface area (Å²) in [4.78, 5) is 15.4. The summed E-state index contributed by atoms with van der Waals surface area (Å²) < 4.78 is 43.1. The molecule has 1 saturated heterocycles. The topological polar surface area (TPSA) is 118 Å². The van der Waals surface area contributed by atoms with Crippen molar-refractivity contribution in [3.8, 4) is 11.4 Å². The normalized spacial score (nSPS) is 17.7. The molecule has 200 valence electrons. The molecule has 4 heterocycles. The average molecular weight is 559 g/mol. The molecule has 0 radical (unpaired) electrons. The Morgan fingerprint density at radius 2 is 1.95 bits per heavy atom. The van der Waals surface area contributed by atoms with Gasteiger partial charge >= 0.3 is 0 Å². The van der Waals surface area contributed by atoms with E-state index in [1.54, 1.807) is 36.4 Å². The zero-order valence-corrected chi connectivity index (χ0v) is 23.1. The Morgan fingerprint density at radius 3 is 2.58 bits per heavy atom. The van der Waals surface area contributed by atoms with Gasteiger partial charge in [-0.25, -0.2) is 32.5 Å². The molecule has 5 rings (SSSR count). The van der Waals surface area contributed by atoms with Crippen LogP contribution in [-0.4, -0.2) is 58.0 Å². The van der Waals surface area contributed by atoms with Gasteiger partial charge in [-0.1, -0.05) is 25.4 Å². The number of sulfonamides is 1. The van der Waals surface area contributed by atoms with E-state index in [9.17, 15) is 8.42 Å². The molecule has 4 aromatic rings. The van der Waals surface area contributed by atoms with Gasteiger partial charge in [0.25, 0.3) is 0 Å². The number of aromatic nitrogens is 5. The van der Waals surface area contributed by atoms with Crippen LogP contribution in [0.25, 0.3) is 22.2 Å². The Bertz CT molecular complexity index is 1640. The number of nitrogens with one attached hydrogen (secondary N) is 2. The number of nitrogens with zero attached hydrogens (tertiary/aromatic N) is 6. The Labute approximate surface area is 225 Å². The first-order valence-electron chi connectivity index (χ1n) is 12.1. The van der Waals surface area contributed by atoms with Crippen molar-refractivity contribution >= 4 is 49.7 Å². The lowest BCUT2D eigenvalue weighted by atomic mass is 9.92. The minimum atomic E-state index is -3.34. The summed E-state index contributed by atoms with van der Waals surface area (Å²) in [6.07, 6.45) is 6.20. The summed E-state index contributed by atoms with van der Waals surface area (Å²) in [5.74, 6) is 1.01. The Kier molecular flexibility index (Phi) is 6.74. The molecular weight excluding hydrogens is 531 g/mol. The molecule has 0 spiro atoms. The number of hydrogen-bond acceptors (Lipinski definition) is 8. The first-order valence-corrected chi connectivity index (χ1v) is 14.3. The second-order valence-electron chi connectivity index (χ2n) is 9.85. The van der Waals surface area contributed by atoms with Crippen molar-refractivity contribution in [1.29, 1.82) is 0 Å². The van der Waals surface area contributed by atoms with Crippen molar-refractivity contribution in [2.75, 3.05) is 23.0 Å². The largest absolute Gasteiger partial charge is 0.365 e. The smallest absolute Gasteiger partial charge is 0.209 e. The lowest BCUT2D eigenvalue weighted by Crippen LogP contribution is -2.65. The quantitative estimate of drug-likeness (QED) is 0.346. The molecule has 3 aromatic heterocycles. The van der Waals surface area contributed by atoms with E-state index in [0.29, 0.717) is 46.0 Å². The summed E-state index contributed by atoms with van der Waals surface area (Å²) in [6.45, 7) is 6.23. The molecule has 1 aromatic carbocycles. The monoisotopic (exact) mass is 558 g/mol. The maximum absolute atomic E-state index is 15.5. The molecule has 2 atom stereocenters. The number of benzene rings is 1. The molecule has 1 fully saturated rings. The Morgan fingerprint density at radius 1 is 1.18 bits per heavy atom. The van der Waals surface area contributed by atoms with Crippen LogP contribution in [0, 0.1) is 5.82 Å². The van der Waals surface area contributed by atoms with Crippen LogP contribution >= 0.6 is 11.6 Å². The number of hydrogen-bond donors (Lipinski definition) is 2. The molecule has 1 aliphatic rings. The Balaban J connectivity index is 1.50. The van der Waals surface area contributed by atoms with Gasteiger partial charge in [-0.3, -0.25) is 4.68 Å². The third-order valence-corrected chi connectivity index (χ3v) is 7.66. The highest BCUT2D eigenvalue weighted by atomic mass is 35.5. The highest BCUT2D eigenvalue weighted by Gasteiger charge is 2.38. The summed E-state index contributed by atoms with van der Waals surface area (Å²) in [5.41, 5.74) is 1.86. The number of rotatable bonds is 7. The standard InChI is InChI=1S/C25H28ClFN8O2S/c1-13(2)23-15-8-22(30-21-6-7-28-25(31-21)17-11-34(4)32-24(17)26)29-10-16(15)20(9-18(23)27)35-12-19(14(35)3)33-38(5,36)37/h6-11,13-14,19,33H,12H2,1-5H3,(H,28,29,30,31)/t14-,19?/m1/s1. The van der Waals surface area contributed by atoms with Crippen LogP contribution in [0.1, 0.15) is 32.3 Å². The first-order chi connectivity index (χ1) is 17.9. The van der Waals surface area contributed by atoms with E-state index in [-0.39, 0.29) is 23.8 Å². The van der Waals surface area contributed by atoms with Gasteiger partial charge in [-0.2, -0.15) is 5.10 Å². The first kappa shape index (κ1) is 26.3. The van der Waals surface area contributed by atoms with Crippen LogP contribution < -0.4 is 14.9 Å². The zero-order valence-electron chi connectivity index (χ0n) is 21.6. The fourth-order valence-corrected chi connectivity index (χ4v) is 5.89. The predicted octanol–water partition coefficient (Wildman–Crippen LogP) is 4.21. The number of halogens is 2. The third-order valence-electron chi connectivity index (χ3n) is 6.65. The van der Waals surface area contributed by atoms with Crippen LogP contribution in [0.5, 0.6) is 0 Å². The molecular formula is C25H28ClFN8O2S. The summed E-state index contributed by atoms with van der Waals surface area (Å²) >= 11 is 6.21. The maximum atomic E-state index is 15.5. The maximum Gasteiger partial charge on any atom is 0.209 e. The van der Waals surface area contributed by atoms with Crippen LogP contribution in [-0.2, 0) is 17.1 Å². The molecule has 0 amide bonds. The van der Waals surface area contributed by atoms with Crippen molar-refractivity contribution in [3.05, 3.63) is 53.3 Å².